The smallest absolute Gasteiger partial charge is 0.119 e. The maximum Gasteiger partial charge on any atom is 0.119 e. The van der Waals surface area contributed by atoms with Crippen molar-refractivity contribution in [2.24, 2.45) is 0 Å². The quantitative estimate of drug-likeness (QED) is 0.197. The molecule has 0 aliphatic rings. The van der Waals surface area contributed by atoms with E-state index in [0.717, 1.165) is 0 Å². The molecule has 0 spiro atoms. The van der Waals surface area contributed by atoms with Crippen molar-refractivity contribution in [3.05, 3.63) is 0 Å². The van der Waals surface area contributed by atoms with Gasteiger partial charge < -0.3 is 0 Å². The first-order valence-corrected chi connectivity index (χ1v) is 18.2. The van der Waals surface area contributed by atoms with Crippen LogP contribution in [-0.4, -0.2) is 11.1 Å². The van der Waals surface area contributed by atoms with Gasteiger partial charge in [-0.15, -0.1) is 43.6 Å². The predicted molar refractivity (Wildman–Crippen MR) is 91.1 cm³/mol. The molecular formula is C10H24I2Si2. The molecule has 0 rings (SSSR count). The highest BCUT2D eigenvalue weighted by molar-refractivity contribution is 14.1. The van der Waals surface area contributed by atoms with Gasteiger partial charge in [0.2, 0.25) is 0 Å². The van der Waals surface area contributed by atoms with Crippen LogP contribution in [-0.2, 0) is 0 Å². The third-order valence-corrected chi connectivity index (χ3v) is 8.61. The molecular weight excluding hydrogens is 430 g/mol. The maximum atomic E-state index is 2.70. The van der Waals surface area contributed by atoms with Crippen molar-refractivity contribution in [1.82, 2.24) is 0 Å². The highest BCUT2D eigenvalue weighted by atomic mass is 127. The number of hydrogen-bond acceptors (Lipinski definition) is 0. The standard InChI is InChI=1S/C10H24I2Si2/c1-13(2,11)9-7-5-6-8-10-14(3,4)12/h5-10H2,1-4H3. The van der Waals surface area contributed by atoms with Gasteiger partial charge in [0.15, 0.2) is 0 Å². The molecule has 0 amide bonds. The van der Waals surface area contributed by atoms with Gasteiger partial charge in [-0.2, -0.15) is 0 Å². The summed E-state index contributed by atoms with van der Waals surface area (Å²) in [6, 6.07) is 3.03. The van der Waals surface area contributed by atoms with E-state index >= 15 is 0 Å². The molecule has 0 heterocycles. The predicted octanol–water partition coefficient (Wildman–Crippen LogP) is 5.83. The molecule has 14 heavy (non-hydrogen) atoms. The minimum absolute atomic E-state index is 0.777. The Morgan fingerprint density at radius 2 is 0.929 bits per heavy atom. The Hall–Kier alpha value is 1.89. The lowest BCUT2D eigenvalue weighted by molar-refractivity contribution is 0.695. The molecule has 0 saturated carbocycles. The van der Waals surface area contributed by atoms with Crippen molar-refractivity contribution in [2.75, 3.05) is 0 Å². The van der Waals surface area contributed by atoms with Gasteiger partial charge in [-0.3, -0.25) is 0 Å². The molecule has 0 N–H and O–H groups in total. The average molecular weight is 454 g/mol. The Balaban J connectivity index is 3.23. The first-order valence-electron chi connectivity index (χ1n) is 5.59. The normalized spacial score (nSPS) is 13.3. The minimum atomic E-state index is -0.777. The van der Waals surface area contributed by atoms with E-state index in [2.05, 4.69) is 69.8 Å². The van der Waals surface area contributed by atoms with Crippen LogP contribution in [0.25, 0.3) is 0 Å². The van der Waals surface area contributed by atoms with E-state index < -0.39 is 11.1 Å². The second-order valence-corrected chi connectivity index (χ2v) is 30.7. The lowest BCUT2D eigenvalue weighted by atomic mass is 10.2. The molecule has 4 heteroatoms. The third kappa shape index (κ3) is 13.9. The van der Waals surface area contributed by atoms with E-state index in [9.17, 15) is 0 Å². The first-order chi connectivity index (χ1) is 6.21. The molecule has 0 radical (unpaired) electrons. The Bertz CT molecular complexity index is 129. The van der Waals surface area contributed by atoms with E-state index in [1.165, 1.54) is 37.8 Å². The highest BCUT2D eigenvalue weighted by Crippen LogP contribution is 2.24. The van der Waals surface area contributed by atoms with Crippen LogP contribution in [0.4, 0.5) is 0 Å². The van der Waals surface area contributed by atoms with Crippen molar-refractivity contribution in [3.63, 3.8) is 0 Å². The molecule has 0 aromatic carbocycles. The fourth-order valence-corrected chi connectivity index (χ4v) is 5.91. The van der Waals surface area contributed by atoms with Gasteiger partial charge >= 0.3 is 0 Å². The van der Waals surface area contributed by atoms with Gasteiger partial charge in [0, 0.05) is 0 Å². The second-order valence-electron chi connectivity index (χ2n) is 5.35. The van der Waals surface area contributed by atoms with E-state index in [0.29, 0.717) is 0 Å². The third-order valence-electron chi connectivity index (χ3n) is 2.29. The summed E-state index contributed by atoms with van der Waals surface area (Å²) in [5, 5.41) is 0. The van der Waals surface area contributed by atoms with Gasteiger partial charge in [-0.25, -0.2) is 0 Å². The number of unbranched alkanes of at least 4 members (excludes halogenated alkanes) is 3. The Kier molecular flexibility index (Phi) is 8.25. The van der Waals surface area contributed by atoms with Gasteiger partial charge in [0.25, 0.3) is 0 Å². The number of hydrogen-bond donors (Lipinski definition) is 0. The SMILES string of the molecule is C[Si](C)(I)CCCCCC[Si](C)(C)I. The van der Waals surface area contributed by atoms with Crippen molar-refractivity contribution >= 4 is 54.7 Å². The Morgan fingerprint density at radius 1 is 0.643 bits per heavy atom. The van der Waals surface area contributed by atoms with Crippen LogP contribution in [0.1, 0.15) is 25.7 Å². The molecule has 0 aliphatic heterocycles. The zero-order valence-electron chi connectivity index (χ0n) is 10.00. The number of rotatable bonds is 7. The summed E-state index contributed by atoms with van der Waals surface area (Å²) in [6.07, 6.45) is 5.90. The highest BCUT2D eigenvalue weighted by Gasteiger charge is 2.16. The largest absolute Gasteiger partial charge is 0.119 e. The summed E-state index contributed by atoms with van der Waals surface area (Å²) >= 11 is 5.39. The van der Waals surface area contributed by atoms with Crippen molar-refractivity contribution in [2.45, 2.75) is 64.0 Å². The van der Waals surface area contributed by atoms with Crippen molar-refractivity contribution in [1.29, 1.82) is 0 Å². The zero-order chi connectivity index (χ0) is 11.2. The van der Waals surface area contributed by atoms with Crippen molar-refractivity contribution in [3.8, 4) is 0 Å². The summed E-state index contributed by atoms with van der Waals surface area (Å²) in [5.41, 5.74) is -1.55. The van der Waals surface area contributed by atoms with Crippen LogP contribution in [0.5, 0.6) is 0 Å². The molecule has 0 atom stereocenters. The Labute approximate surface area is 117 Å². The van der Waals surface area contributed by atoms with Gasteiger partial charge in [-0.05, 0) is 12.1 Å². The lowest BCUT2D eigenvalue weighted by Crippen LogP contribution is -2.14. The zero-order valence-corrected chi connectivity index (χ0v) is 16.3. The van der Waals surface area contributed by atoms with Crippen LogP contribution in [0, 0.1) is 0 Å². The van der Waals surface area contributed by atoms with Crippen molar-refractivity contribution < 1.29 is 0 Å². The summed E-state index contributed by atoms with van der Waals surface area (Å²) in [6.45, 7) is 9.87. The summed E-state index contributed by atoms with van der Waals surface area (Å²) < 4.78 is 0. The average Bonchev–Trinajstić information content (AvgIpc) is 1.92. The fraction of sp³-hybridized carbons (Fsp3) is 1.00. The molecule has 86 valence electrons. The van der Waals surface area contributed by atoms with E-state index in [-0.39, 0.29) is 0 Å². The van der Waals surface area contributed by atoms with E-state index in [1.807, 2.05) is 0 Å². The molecule has 0 nitrogen and oxygen atoms in total. The second kappa shape index (κ2) is 7.26. The lowest BCUT2D eigenvalue weighted by Gasteiger charge is -2.14. The molecule has 0 unspecified atom stereocenters. The monoisotopic (exact) mass is 454 g/mol. The molecule has 0 aromatic heterocycles. The topological polar surface area (TPSA) is 0 Å². The van der Waals surface area contributed by atoms with Gasteiger partial charge in [-0.1, -0.05) is 51.9 Å². The van der Waals surface area contributed by atoms with Crippen LogP contribution in [0.15, 0.2) is 0 Å². The van der Waals surface area contributed by atoms with Crippen LogP contribution >= 0.6 is 43.6 Å². The number of halogens is 2. The fourth-order valence-electron chi connectivity index (χ4n) is 1.44. The van der Waals surface area contributed by atoms with E-state index in [4.69, 9.17) is 0 Å². The maximum absolute atomic E-state index is 2.70. The summed E-state index contributed by atoms with van der Waals surface area (Å²) in [7, 11) is 0. The molecule has 0 aromatic rings. The Morgan fingerprint density at radius 3 is 1.14 bits per heavy atom. The summed E-state index contributed by atoms with van der Waals surface area (Å²) in [4.78, 5) is 0. The molecule has 0 saturated heterocycles. The minimum Gasteiger partial charge on any atom is -0.119 e. The van der Waals surface area contributed by atoms with Crippen LogP contribution in [0.3, 0.4) is 0 Å². The molecule has 0 aliphatic carbocycles. The van der Waals surface area contributed by atoms with E-state index in [1.54, 1.807) is 0 Å². The molecule has 0 bridgehead atoms. The van der Waals surface area contributed by atoms with Gasteiger partial charge in [0.1, 0.15) is 11.1 Å². The van der Waals surface area contributed by atoms with Gasteiger partial charge in [0.05, 0.1) is 0 Å². The summed E-state index contributed by atoms with van der Waals surface area (Å²) in [5.74, 6) is 0. The van der Waals surface area contributed by atoms with Crippen LogP contribution < -0.4 is 0 Å². The van der Waals surface area contributed by atoms with Crippen LogP contribution in [0.2, 0.25) is 38.3 Å². The first kappa shape index (κ1) is 15.9. The molecule has 0 fully saturated rings.